The van der Waals surface area contributed by atoms with Crippen LogP contribution in [0, 0.1) is 5.92 Å². The van der Waals surface area contributed by atoms with E-state index in [1.54, 1.807) is 24.3 Å². The van der Waals surface area contributed by atoms with Crippen LogP contribution in [0.1, 0.15) is 50.2 Å². The Morgan fingerprint density at radius 1 is 1.19 bits per heavy atom. The summed E-state index contributed by atoms with van der Waals surface area (Å²) in [7, 11) is 1.37. The third-order valence-corrected chi connectivity index (χ3v) is 5.71. The molecule has 2 N–H and O–H groups in total. The molecular formula is C21H18ClNO4. The molecule has 0 bridgehead atoms. The normalized spacial score (nSPS) is 22.5. The van der Waals surface area contributed by atoms with E-state index < -0.39 is 5.97 Å². The molecule has 0 saturated carbocycles. The predicted octanol–water partition coefficient (Wildman–Crippen LogP) is 4.65. The molecule has 0 aromatic heterocycles. The van der Waals surface area contributed by atoms with E-state index in [0.29, 0.717) is 10.6 Å². The molecule has 0 amide bonds. The Labute approximate surface area is 161 Å². The van der Waals surface area contributed by atoms with Gasteiger partial charge in [0, 0.05) is 5.92 Å². The summed E-state index contributed by atoms with van der Waals surface area (Å²) in [5.74, 6) is -1.09. The lowest BCUT2D eigenvalue weighted by Crippen LogP contribution is -2.30. The number of carbonyl (C=O) groups is 2. The number of rotatable bonds is 3. The van der Waals surface area contributed by atoms with Crippen LogP contribution in [0.15, 0.2) is 48.6 Å². The van der Waals surface area contributed by atoms with Gasteiger partial charge in [-0.2, -0.15) is 0 Å². The lowest BCUT2D eigenvalue weighted by molar-refractivity contribution is 0.0597. The van der Waals surface area contributed by atoms with E-state index in [0.717, 1.165) is 23.2 Å². The highest BCUT2D eigenvalue weighted by atomic mass is 35.5. The number of nitrogens with one attached hydrogen (secondary N) is 1. The molecule has 0 fully saturated rings. The Morgan fingerprint density at radius 2 is 1.93 bits per heavy atom. The number of carboxylic acid groups (broad SMARTS) is 1. The first-order valence-electron chi connectivity index (χ1n) is 8.68. The van der Waals surface area contributed by atoms with Crippen LogP contribution in [0.5, 0.6) is 0 Å². The Bertz CT molecular complexity index is 951. The zero-order chi connectivity index (χ0) is 19.1. The van der Waals surface area contributed by atoms with Gasteiger partial charge in [-0.1, -0.05) is 35.9 Å². The van der Waals surface area contributed by atoms with E-state index in [4.69, 9.17) is 21.4 Å². The number of carbonyl (C=O) groups excluding carboxylic acids is 1. The topological polar surface area (TPSA) is 75.6 Å². The second-order valence-corrected chi connectivity index (χ2v) is 7.19. The maximum atomic E-state index is 12.3. The highest BCUT2D eigenvalue weighted by Gasteiger charge is 2.41. The fourth-order valence-electron chi connectivity index (χ4n) is 4.13. The maximum absolute atomic E-state index is 12.3. The summed E-state index contributed by atoms with van der Waals surface area (Å²) in [6.45, 7) is 0. The number of aromatic carboxylic acids is 1. The summed E-state index contributed by atoms with van der Waals surface area (Å²) in [4.78, 5) is 23.4. The molecule has 1 aliphatic heterocycles. The molecule has 2 aliphatic rings. The molecule has 3 unspecified atom stereocenters. The second-order valence-electron chi connectivity index (χ2n) is 6.78. The van der Waals surface area contributed by atoms with E-state index in [2.05, 4.69) is 17.5 Å². The van der Waals surface area contributed by atoms with Crippen LogP contribution in [0.25, 0.3) is 0 Å². The van der Waals surface area contributed by atoms with Crippen LogP contribution in [0.2, 0.25) is 5.02 Å². The molecule has 27 heavy (non-hydrogen) atoms. The molecule has 138 valence electrons. The Kier molecular flexibility index (Phi) is 4.40. The minimum Gasteiger partial charge on any atom is -0.478 e. The summed E-state index contributed by atoms with van der Waals surface area (Å²) < 4.78 is 4.95. The number of fused-ring (bicyclic) bond motifs is 3. The van der Waals surface area contributed by atoms with E-state index in [-0.39, 0.29) is 29.4 Å². The van der Waals surface area contributed by atoms with Crippen molar-refractivity contribution in [3.8, 4) is 0 Å². The predicted molar refractivity (Wildman–Crippen MR) is 103 cm³/mol. The summed E-state index contributed by atoms with van der Waals surface area (Å²) in [5, 5.41) is 13.2. The lowest BCUT2D eigenvalue weighted by atomic mass is 9.75. The first-order valence-corrected chi connectivity index (χ1v) is 9.06. The van der Waals surface area contributed by atoms with Crippen molar-refractivity contribution >= 4 is 29.2 Å². The number of ether oxygens (including phenoxy) is 1. The zero-order valence-corrected chi connectivity index (χ0v) is 15.4. The number of hydrogen-bond donors (Lipinski definition) is 2. The van der Waals surface area contributed by atoms with Gasteiger partial charge in [-0.15, -0.1) is 0 Å². The molecule has 0 radical (unpaired) electrons. The minimum absolute atomic E-state index is 0.0364. The van der Waals surface area contributed by atoms with E-state index >= 15 is 0 Å². The highest BCUT2D eigenvalue weighted by Crippen LogP contribution is 2.52. The van der Waals surface area contributed by atoms with Gasteiger partial charge in [-0.3, -0.25) is 0 Å². The van der Waals surface area contributed by atoms with E-state index in [9.17, 15) is 9.59 Å². The number of methoxy groups -OCH3 is 1. The fraction of sp³-hybridized carbons (Fsp3) is 0.238. The van der Waals surface area contributed by atoms with Crippen LogP contribution in [-0.2, 0) is 4.74 Å². The standard InChI is InChI=1S/C21H18ClNO4/c1-27-21(26)15-9-10-16(22)19-17(15)13-3-2-4-14(13)18(23-19)11-5-7-12(8-6-11)20(24)25/h2-3,5-10,13-14,18,23H,4H2,1H3,(H,24,25). The Hall–Kier alpha value is -2.79. The average molecular weight is 384 g/mol. The highest BCUT2D eigenvalue weighted by molar-refractivity contribution is 6.33. The van der Waals surface area contributed by atoms with Gasteiger partial charge in [-0.25, -0.2) is 9.59 Å². The van der Waals surface area contributed by atoms with Gasteiger partial charge in [0.25, 0.3) is 0 Å². The number of anilines is 1. The smallest absolute Gasteiger partial charge is 0.338 e. The quantitative estimate of drug-likeness (QED) is 0.596. The van der Waals surface area contributed by atoms with Gasteiger partial charge in [0.05, 0.1) is 35.0 Å². The van der Waals surface area contributed by atoms with Crippen molar-refractivity contribution < 1.29 is 19.4 Å². The van der Waals surface area contributed by atoms with Crippen molar-refractivity contribution in [1.82, 2.24) is 0 Å². The van der Waals surface area contributed by atoms with Crippen molar-refractivity contribution in [3.05, 3.63) is 75.8 Å². The molecule has 0 saturated heterocycles. The third-order valence-electron chi connectivity index (χ3n) is 5.39. The SMILES string of the molecule is COC(=O)c1ccc(Cl)c2c1C1C=CCC1C(c1ccc(C(=O)O)cc1)N2. The Morgan fingerprint density at radius 3 is 2.59 bits per heavy atom. The van der Waals surface area contributed by atoms with Crippen molar-refractivity contribution in [2.75, 3.05) is 12.4 Å². The van der Waals surface area contributed by atoms with Gasteiger partial charge < -0.3 is 15.2 Å². The first-order chi connectivity index (χ1) is 13.0. The molecule has 3 atom stereocenters. The number of hydrogen-bond acceptors (Lipinski definition) is 4. The molecule has 2 aromatic rings. The number of benzene rings is 2. The van der Waals surface area contributed by atoms with E-state index in [1.165, 1.54) is 7.11 Å². The number of carboxylic acids is 1. The zero-order valence-electron chi connectivity index (χ0n) is 14.6. The summed E-state index contributed by atoms with van der Waals surface area (Å²) in [6, 6.07) is 10.3. The van der Waals surface area contributed by atoms with Gasteiger partial charge in [0.2, 0.25) is 0 Å². The molecule has 1 aliphatic carbocycles. The number of halogens is 1. The van der Waals surface area contributed by atoms with Crippen LogP contribution in [0.4, 0.5) is 5.69 Å². The van der Waals surface area contributed by atoms with Gasteiger partial charge in [0.1, 0.15) is 0 Å². The summed E-state index contributed by atoms with van der Waals surface area (Å²) >= 11 is 6.46. The van der Waals surface area contributed by atoms with Crippen molar-refractivity contribution in [1.29, 1.82) is 0 Å². The molecule has 6 heteroatoms. The molecule has 0 spiro atoms. The molecular weight excluding hydrogens is 366 g/mol. The summed E-state index contributed by atoms with van der Waals surface area (Å²) in [6.07, 6.45) is 5.09. The average Bonchev–Trinajstić information content (AvgIpc) is 3.17. The van der Waals surface area contributed by atoms with Crippen molar-refractivity contribution in [2.45, 2.75) is 18.4 Å². The lowest BCUT2D eigenvalue weighted by Gasteiger charge is -2.38. The molecule has 1 heterocycles. The van der Waals surface area contributed by atoms with Crippen molar-refractivity contribution in [2.24, 2.45) is 5.92 Å². The van der Waals surface area contributed by atoms with Crippen LogP contribution in [0.3, 0.4) is 0 Å². The largest absolute Gasteiger partial charge is 0.478 e. The monoisotopic (exact) mass is 383 g/mol. The summed E-state index contributed by atoms with van der Waals surface area (Å²) in [5.41, 5.74) is 3.36. The van der Waals surface area contributed by atoms with Gasteiger partial charge >= 0.3 is 11.9 Å². The Balaban J connectivity index is 1.80. The van der Waals surface area contributed by atoms with Gasteiger partial charge in [-0.05, 0) is 47.7 Å². The molecule has 4 rings (SSSR count). The number of allylic oxidation sites excluding steroid dienone is 2. The van der Waals surface area contributed by atoms with Crippen LogP contribution in [-0.4, -0.2) is 24.2 Å². The van der Waals surface area contributed by atoms with Gasteiger partial charge in [0.15, 0.2) is 0 Å². The fourth-order valence-corrected chi connectivity index (χ4v) is 4.34. The maximum Gasteiger partial charge on any atom is 0.338 e. The van der Waals surface area contributed by atoms with Crippen molar-refractivity contribution in [3.63, 3.8) is 0 Å². The van der Waals surface area contributed by atoms with Crippen LogP contribution < -0.4 is 5.32 Å². The first kappa shape index (κ1) is 17.6. The number of esters is 1. The van der Waals surface area contributed by atoms with E-state index in [1.807, 2.05) is 12.1 Å². The third kappa shape index (κ3) is 2.88. The molecule has 5 nitrogen and oxygen atoms in total. The van der Waals surface area contributed by atoms with Crippen LogP contribution >= 0.6 is 11.6 Å². The second kappa shape index (κ2) is 6.74. The molecule has 2 aromatic carbocycles. The minimum atomic E-state index is -0.949.